The van der Waals surface area contributed by atoms with Crippen LogP contribution < -0.4 is 30.1 Å². The van der Waals surface area contributed by atoms with Crippen molar-refractivity contribution in [2.45, 2.75) is 20.5 Å². The Hall–Kier alpha value is -0.616. The van der Waals surface area contributed by atoms with Crippen LogP contribution in [0.15, 0.2) is 84.2 Å². The summed E-state index contributed by atoms with van der Waals surface area (Å²) in [4.78, 5) is 0. The van der Waals surface area contributed by atoms with Gasteiger partial charge in [0.2, 0.25) is 0 Å². The van der Waals surface area contributed by atoms with Crippen LogP contribution >= 0.6 is 7.92 Å². The predicted octanol–water partition coefficient (Wildman–Crippen LogP) is -0.0871. The summed E-state index contributed by atoms with van der Waals surface area (Å²) in [5, 5.41) is 3.42. The van der Waals surface area contributed by atoms with E-state index < -0.39 is 0 Å². The van der Waals surface area contributed by atoms with Gasteiger partial charge >= 0.3 is 166 Å². The average Bonchev–Trinajstić information content (AvgIpc) is 3.25. The summed E-state index contributed by atoms with van der Waals surface area (Å²) in [5.41, 5.74) is 4.05. The molecule has 0 aromatic heterocycles. The second-order valence-electron chi connectivity index (χ2n) is 7.84. The van der Waals surface area contributed by atoms with E-state index >= 15 is 0 Å². The number of rotatable bonds is 1. The van der Waals surface area contributed by atoms with Gasteiger partial charge in [0.1, 0.15) is 0 Å². The third-order valence-electron chi connectivity index (χ3n) is 6.55. The van der Waals surface area contributed by atoms with E-state index in [0.29, 0.717) is 0 Å². The summed E-state index contributed by atoms with van der Waals surface area (Å²) in [5.74, 6) is 1.61. The molecule has 2 aromatic rings. The maximum Gasteiger partial charge on any atom is -1.00 e. The maximum atomic E-state index is 2.59. The summed E-state index contributed by atoms with van der Waals surface area (Å²) in [6, 6.07) is 20.7. The van der Waals surface area contributed by atoms with Crippen LogP contribution in [0.3, 0.4) is 0 Å². The van der Waals surface area contributed by atoms with Gasteiger partial charge < -0.3 is 24.8 Å². The zero-order valence-electron chi connectivity index (χ0n) is 15.4. The van der Waals surface area contributed by atoms with E-state index in [0.717, 1.165) is 25.9 Å². The molecule has 3 aliphatic carbocycles. The number of hydrogen-bond donors (Lipinski definition) is 0. The average molecular weight is 459 g/mol. The summed E-state index contributed by atoms with van der Waals surface area (Å²) in [6.45, 7) is 0. The molecule has 0 nitrogen and oxygen atoms in total. The molecule has 0 bridgehead atoms. The van der Waals surface area contributed by atoms with Crippen LogP contribution in [0.5, 0.6) is 0 Å². The number of hydrogen-bond acceptors (Lipinski definition) is 0. The molecule has 6 atom stereocenters. The fraction of sp³-hybridized carbons (Fsp3) is 0.250. The molecule has 140 valence electrons. The van der Waals surface area contributed by atoms with E-state index in [2.05, 4.69) is 85.0 Å². The van der Waals surface area contributed by atoms with Crippen LogP contribution in [0.4, 0.5) is 0 Å². The Balaban J connectivity index is 0.000000961. The monoisotopic (exact) mass is 458 g/mol. The molecular formula is C24H21Cl2PTi. The standard InChI is InChI=1S/C24H21P.2ClH.Ti/c1-2-12-22(13-3-1)25(23-14-18-8-4-5-9-19(18)15-23)24-16-20-10-6-7-11-21(20)17-24;;;/h1-16,20-21,24H,17H2;2*1H;/q;;;+2/p-2. The van der Waals surface area contributed by atoms with Crippen molar-refractivity contribution in [1.29, 1.82) is 0 Å². The molecule has 2 aromatic carbocycles. The summed E-state index contributed by atoms with van der Waals surface area (Å²) < 4.78 is 1.73. The minimum Gasteiger partial charge on any atom is -1.00 e. The Morgan fingerprint density at radius 3 is 2.46 bits per heavy atom. The molecule has 6 rings (SSSR count). The summed E-state index contributed by atoms with van der Waals surface area (Å²) in [6.07, 6.45) is 13.7. The Labute approximate surface area is 190 Å². The van der Waals surface area contributed by atoms with Gasteiger partial charge in [-0.3, -0.25) is 0 Å². The van der Waals surface area contributed by atoms with Crippen molar-refractivity contribution < 1.29 is 44.0 Å². The van der Waals surface area contributed by atoms with E-state index in [1.807, 2.05) is 0 Å². The minimum atomic E-state index is -0.206. The fourth-order valence-corrected chi connectivity index (χ4v) is 13.9. The second kappa shape index (κ2) is 8.25. The van der Waals surface area contributed by atoms with Gasteiger partial charge in [-0.1, -0.05) is 0 Å². The molecule has 4 aliphatic rings. The van der Waals surface area contributed by atoms with Gasteiger partial charge in [-0.15, -0.1) is 0 Å². The number of allylic oxidation sites excluding steroid dienone is 5. The number of benzene rings is 2. The molecule has 1 heterocycles. The Bertz CT molecular complexity index is 952. The zero-order valence-corrected chi connectivity index (χ0v) is 19.3. The van der Waals surface area contributed by atoms with Crippen molar-refractivity contribution in [2.75, 3.05) is 0 Å². The first-order valence-electron chi connectivity index (χ1n) is 9.66. The van der Waals surface area contributed by atoms with E-state index in [9.17, 15) is 0 Å². The van der Waals surface area contributed by atoms with Gasteiger partial charge in [0.15, 0.2) is 0 Å². The van der Waals surface area contributed by atoms with Gasteiger partial charge in [-0.05, 0) is 0 Å². The number of fused-ring (bicyclic) bond motifs is 6. The fourth-order valence-electron chi connectivity index (χ4n) is 5.47. The SMILES string of the molecule is C1=CC2CC3[CH]([Ti+2][CH]4C(=Cc5ccccc54)P3c3ccccc3)C2C=C1.[Cl-].[Cl-]. The maximum absolute atomic E-state index is 2.59. The molecular weight excluding hydrogens is 438 g/mol. The molecule has 6 unspecified atom stereocenters. The Kier molecular flexibility index (Phi) is 6.09. The van der Waals surface area contributed by atoms with E-state index in [4.69, 9.17) is 0 Å². The molecule has 0 radical (unpaired) electrons. The van der Waals surface area contributed by atoms with Gasteiger partial charge in [0.05, 0.1) is 0 Å². The molecule has 0 N–H and O–H groups in total. The summed E-state index contributed by atoms with van der Waals surface area (Å²) in [7, 11) is -0.206. The van der Waals surface area contributed by atoms with Crippen LogP contribution in [0.25, 0.3) is 6.08 Å². The van der Waals surface area contributed by atoms with E-state index in [1.54, 1.807) is 16.2 Å². The zero-order chi connectivity index (χ0) is 17.1. The molecule has 0 spiro atoms. The normalized spacial score (nSPS) is 32.9. The van der Waals surface area contributed by atoms with Crippen molar-refractivity contribution in [1.82, 2.24) is 0 Å². The quantitative estimate of drug-likeness (QED) is 0.414. The first-order valence-corrected chi connectivity index (χ1v) is 12.9. The minimum absolute atomic E-state index is 0. The topological polar surface area (TPSA) is 0 Å². The van der Waals surface area contributed by atoms with Gasteiger partial charge in [-0.25, -0.2) is 0 Å². The van der Waals surface area contributed by atoms with E-state index in [-0.39, 0.29) is 51.9 Å². The molecule has 1 saturated heterocycles. The smallest absolute Gasteiger partial charge is 1.00 e. The van der Waals surface area contributed by atoms with Gasteiger partial charge in [-0.2, -0.15) is 0 Å². The molecule has 2 fully saturated rings. The molecule has 4 heteroatoms. The number of halogens is 2. The van der Waals surface area contributed by atoms with Crippen LogP contribution in [0, 0.1) is 11.8 Å². The first-order chi connectivity index (χ1) is 12.9. The van der Waals surface area contributed by atoms with Crippen molar-refractivity contribution in [3.8, 4) is 0 Å². The van der Waals surface area contributed by atoms with Crippen molar-refractivity contribution in [3.63, 3.8) is 0 Å². The molecule has 1 saturated carbocycles. The Morgan fingerprint density at radius 2 is 1.61 bits per heavy atom. The largest absolute Gasteiger partial charge is 1.00 e. The van der Waals surface area contributed by atoms with Crippen molar-refractivity contribution in [3.05, 3.63) is 95.3 Å². The molecule has 1 aliphatic heterocycles. The summed E-state index contributed by atoms with van der Waals surface area (Å²) >= 11 is -0.0290. The van der Waals surface area contributed by atoms with Crippen molar-refractivity contribution >= 4 is 19.3 Å². The van der Waals surface area contributed by atoms with Crippen LogP contribution in [-0.4, -0.2) is 5.66 Å². The van der Waals surface area contributed by atoms with Crippen LogP contribution in [-0.2, 0) is 19.2 Å². The second-order valence-corrected chi connectivity index (χ2v) is 12.7. The molecule has 28 heavy (non-hydrogen) atoms. The first kappa shape index (κ1) is 20.6. The van der Waals surface area contributed by atoms with Crippen LogP contribution in [0.2, 0.25) is 4.22 Å². The van der Waals surface area contributed by atoms with Gasteiger partial charge in [0.25, 0.3) is 0 Å². The molecule has 0 amide bonds. The Morgan fingerprint density at radius 1 is 0.857 bits per heavy atom. The third-order valence-corrected chi connectivity index (χ3v) is 13.7. The van der Waals surface area contributed by atoms with Crippen LogP contribution in [0.1, 0.15) is 21.8 Å². The third kappa shape index (κ3) is 3.14. The van der Waals surface area contributed by atoms with E-state index in [1.165, 1.54) is 12.0 Å². The van der Waals surface area contributed by atoms with Crippen molar-refractivity contribution in [2.24, 2.45) is 11.8 Å². The van der Waals surface area contributed by atoms with Gasteiger partial charge in [0, 0.05) is 0 Å². The predicted molar refractivity (Wildman–Crippen MR) is 108 cm³/mol.